The van der Waals surface area contributed by atoms with Crippen LogP contribution in [0.3, 0.4) is 0 Å². The standard InChI is InChI=1S/C16H22Cl2N2O2/c1-16(2,3)22-15(21)20-7-6-11(14(20)9-19)10-4-5-12(17)13(18)8-10/h4-5,8,11,14H,6-7,9,19H2,1-3H3/t11-,14-/m1/s1. The quantitative estimate of drug-likeness (QED) is 0.880. The molecule has 1 saturated heterocycles. The Morgan fingerprint density at radius 2 is 2.05 bits per heavy atom. The van der Waals surface area contributed by atoms with Crippen LogP contribution in [-0.2, 0) is 4.74 Å². The van der Waals surface area contributed by atoms with Gasteiger partial charge in [0.2, 0.25) is 0 Å². The number of halogens is 2. The first kappa shape index (κ1) is 17.4. The number of hydrogen-bond acceptors (Lipinski definition) is 3. The zero-order chi connectivity index (χ0) is 16.5. The minimum Gasteiger partial charge on any atom is -0.444 e. The van der Waals surface area contributed by atoms with Gasteiger partial charge in [0.15, 0.2) is 0 Å². The number of likely N-dealkylation sites (tertiary alicyclic amines) is 1. The van der Waals surface area contributed by atoms with Gasteiger partial charge in [0, 0.05) is 19.0 Å². The summed E-state index contributed by atoms with van der Waals surface area (Å²) in [6, 6.07) is 5.49. The molecule has 1 heterocycles. The second-order valence-corrected chi connectivity index (χ2v) is 7.36. The number of hydrogen-bond donors (Lipinski definition) is 1. The molecule has 6 heteroatoms. The maximum absolute atomic E-state index is 12.3. The summed E-state index contributed by atoms with van der Waals surface area (Å²) >= 11 is 12.1. The molecule has 1 amide bonds. The Bertz CT molecular complexity index is 558. The maximum atomic E-state index is 12.3. The van der Waals surface area contributed by atoms with Crippen molar-refractivity contribution < 1.29 is 9.53 Å². The molecule has 0 aromatic heterocycles. The summed E-state index contributed by atoms with van der Waals surface area (Å²) in [5.74, 6) is 0.146. The van der Waals surface area contributed by atoms with E-state index in [-0.39, 0.29) is 18.1 Å². The predicted octanol–water partition coefficient (Wildman–Crippen LogP) is 4.05. The van der Waals surface area contributed by atoms with Crippen molar-refractivity contribution in [2.45, 2.75) is 44.8 Å². The average molecular weight is 345 g/mol. The Morgan fingerprint density at radius 1 is 1.36 bits per heavy atom. The SMILES string of the molecule is CC(C)(C)OC(=O)N1CC[C@H](c2ccc(Cl)c(Cl)c2)[C@H]1CN. The Hall–Kier alpha value is -0.970. The topological polar surface area (TPSA) is 55.6 Å². The van der Waals surface area contributed by atoms with Crippen LogP contribution in [0.5, 0.6) is 0 Å². The van der Waals surface area contributed by atoms with Gasteiger partial charge < -0.3 is 15.4 Å². The molecule has 1 aliphatic rings. The molecule has 2 atom stereocenters. The molecule has 1 aromatic rings. The van der Waals surface area contributed by atoms with Crippen molar-refractivity contribution in [3.8, 4) is 0 Å². The van der Waals surface area contributed by atoms with E-state index in [1.54, 1.807) is 11.0 Å². The van der Waals surface area contributed by atoms with Gasteiger partial charge in [0.25, 0.3) is 0 Å². The number of ether oxygens (including phenoxy) is 1. The third-order valence-electron chi connectivity index (χ3n) is 3.79. The second kappa shape index (κ2) is 6.65. The van der Waals surface area contributed by atoms with Crippen LogP contribution in [0.2, 0.25) is 10.0 Å². The van der Waals surface area contributed by atoms with Gasteiger partial charge in [-0.3, -0.25) is 0 Å². The van der Waals surface area contributed by atoms with Crippen molar-refractivity contribution in [3.05, 3.63) is 33.8 Å². The van der Waals surface area contributed by atoms with Gasteiger partial charge in [-0.1, -0.05) is 29.3 Å². The van der Waals surface area contributed by atoms with Gasteiger partial charge in [0.05, 0.1) is 16.1 Å². The van der Waals surface area contributed by atoms with Crippen molar-refractivity contribution in [2.75, 3.05) is 13.1 Å². The number of nitrogens with two attached hydrogens (primary N) is 1. The third-order valence-corrected chi connectivity index (χ3v) is 4.53. The van der Waals surface area contributed by atoms with E-state index >= 15 is 0 Å². The third kappa shape index (κ3) is 3.86. The Kier molecular flexibility index (Phi) is 5.25. The molecule has 122 valence electrons. The Balaban J connectivity index is 2.18. The van der Waals surface area contributed by atoms with Gasteiger partial charge in [0.1, 0.15) is 5.60 Å². The molecule has 2 N–H and O–H groups in total. The maximum Gasteiger partial charge on any atom is 0.410 e. The fourth-order valence-corrected chi connectivity index (χ4v) is 3.13. The molecule has 0 bridgehead atoms. The number of carbonyl (C=O) groups is 1. The molecule has 0 spiro atoms. The highest BCUT2D eigenvalue weighted by Crippen LogP contribution is 2.36. The fraction of sp³-hybridized carbons (Fsp3) is 0.562. The highest BCUT2D eigenvalue weighted by Gasteiger charge is 2.39. The first-order valence-electron chi connectivity index (χ1n) is 7.37. The number of rotatable bonds is 2. The summed E-state index contributed by atoms with van der Waals surface area (Å²) in [6.07, 6.45) is 0.518. The van der Waals surface area contributed by atoms with Crippen LogP contribution in [0, 0.1) is 0 Å². The van der Waals surface area contributed by atoms with Crippen LogP contribution < -0.4 is 5.73 Å². The molecule has 1 aliphatic heterocycles. The van der Waals surface area contributed by atoms with Crippen molar-refractivity contribution in [2.24, 2.45) is 5.73 Å². The van der Waals surface area contributed by atoms with E-state index in [0.717, 1.165) is 12.0 Å². The van der Waals surface area contributed by atoms with Crippen molar-refractivity contribution in [3.63, 3.8) is 0 Å². The van der Waals surface area contributed by atoms with E-state index < -0.39 is 5.60 Å². The van der Waals surface area contributed by atoms with Gasteiger partial charge in [-0.2, -0.15) is 0 Å². The number of amides is 1. The van der Waals surface area contributed by atoms with Crippen molar-refractivity contribution >= 4 is 29.3 Å². The first-order chi connectivity index (χ1) is 10.2. The zero-order valence-corrected chi connectivity index (χ0v) is 14.6. The van der Waals surface area contributed by atoms with E-state index in [4.69, 9.17) is 33.7 Å². The first-order valence-corrected chi connectivity index (χ1v) is 8.13. The Morgan fingerprint density at radius 3 is 2.59 bits per heavy atom. The summed E-state index contributed by atoms with van der Waals surface area (Å²) in [4.78, 5) is 14.0. The fourth-order valence-electron chi connectivity index (χ4n) is 2.82. The van der Waals surface area contributed by atoms with E-state index in [9.17, 15) is 4.79 Å². The number of nitrogens with zero attached hydrogens (tertiary/aromatic N) is 1. The molecule has 1 fully saturated rings. The lowest BCUT2D eigenvalue weighted by molar-refractivity contribution is 0.0226. The van der Waals surface area contributed by atoms with E-state index in [1.165, 1.54) is 0 Å². The van der Waals surface area contributed by atoms with Gasteiger partial charge in [-0.15, -0.1) is 0 Å². The van der Waals surface area contributed by atoms with Crippen LogP contribution in [0.1, 0.15) is 38.7 Å². The largest absolute Gasteiger partial charge is 0.444 e. The van der Waals surface area contributed by atoms with Gasteiger partial charge >= 0.3 is 6.09 Å². The van der Waals surface area contributed by atoms with E-state index in [1.807, 2.05) is 32.9 Å². The van der Waals surface area contributed by atoms with Crippen molar-refractivity contribution in [1.29, 1.82) is 0 Å². The van der Waals surface area contributed by atoms with Crippen LogP contribution in [0.25, 0.3) is 0 Å². The van der Waals surface area contributed by atoms with Gasteiger partial charge in [-0.25, -0.2) is 4.79 Å². The Labute approximate surface area is 141 Å². The monoisotopic (exact) mass is 344 g/mol. The number of benzene rings is 1. The average Bonchev–Trinajstić information content (AvgIpc) is 2.83. The normalized spacial score (nSPS) is 22.0. The molecule has 0 radical (unpaired) electrons. The lowest BCUT2D eigenvalue weighted by Crippen LogP contribution is -2.44. The van der Waals surface area contributed by atoms with E-state index in [2.05, 4.69) is 0 Å². The van der Waals surface area contributed by atoms with Crippen LogP contribution >= 0.6 is 23.2 Å². The molecular weight excluding hydrogens is 323 g/mol. The zero-order valence-electron chi connectivity index (χ0n) is 13.1. The molecule has 0 unspecified atom stereocenters. The number of carbonyl (C=O) groups excluding carboxylic acids is 1. The summed E-state index contributed by atoms with van der Waals surface area (Å²) in [5.41, 5.74) is 6.45. The summed E-state index contributed by atoms with van der Waals surface area (Å²) in [5, 5.41) is 1.04. The minimum atomic E-state index is -0.516. The summed E-state index contributed by atoms with van der Waals surface area (Å²) in [7, 11) is 0. The summed E-state index contributed by atoms with van der Waals surface area (Å²) in [6.45, 7) is 6.57. The predicted molar refractivity (Wildman–Crippen MR) is 89.6 cm³/mol. The highest BCUT2D eigenvalue weighted by molar-refractivity contribution is 6.42. The van der Waals surface area contributed by atoms with Gasteiger partial charge in [-0.05, 0) is 44.9 Å². The molecule has 22 heavy (non-hydrogen) atoms. The molecule has 0 saturated carbocycles. The van der Waals surface area contributed by atoms with E-state index in [0.29, 0.717) is 23.1 Å². The lowest BCUT2D eigenvalue weighted by atomic mass is 9.92. The summed E-state index contributed by atoms with van der Waals surface area (Å²) < 4.78 is 5.47. The second-order valence-electron chi connectivity index (χ2n) is 6.55. The lowest BCUT2D eigenvalue weighted by Gasteiger charge is -2.30. The smallest absolute Gasteiger partial charge is 0.410 e. The molecule has 1 aromatic carbocycles. The molecule has 4 nitrogen and oxygen atoms in total. The molecular formula is C16H22Cl2N2O2. The molecule has 2 rings (SSSR count). The van der Waals surface area contributed by atoms with Crippen molar-refractivity contribution in [1.82, 2.24) is 4.90 Å². The van der Waals surface area contributed by atoms with Crippen LogP contribution in [-0.4, -0.2) is 35.7 Å². The van der Waals surface area contributed by atoms with Crippen LogP contribution in [0.4, 0.5) is 4.79 Å². The van der Waals surface area contributed by atoms with Crippen LogP contribution in [0.15, 0.2) is 18.2 Å². The minimum absolute atomic E-state index is 0.0907. The highest BCUT2D eigenvalue weighted by atomic mass is 35.5. The molecule has 0 aliphatic carbocycles.